The molecule has 2 aromatic carbocycles. The highest BCUT2D eigenvalue weighted by molar-refractivity contribution is 8.00. The molecule has 184 valence electrons. The minimum Gasteiger partial charge on any atom is -0.495 e. The Morgan fingerprint density at radius 2 is 1.74 bits per heavy atom. The van der Waals surface area contributed by atoms with Crippen molar-refractivity contribution in [1.82, 2.24) is 9.55 Å². The van der Waals surface area contributed by atoms with Crippen LogP contribution in [-0.4, -0.2) is 33.7 Å². The number of anilines is 2. The van der Waals surface area contributed by atoms with Crippen molar-refractivity contribution in [3.8, 4) is 5.75 Å². The van der Waals surface area contributed by atoms with E-state index < -0.39 is 0 Å². The molecule has 3 aromatic rings. The van der Waals surface area contributed by atoms with Crippen LogP contribution in [0.15, 0.2) is 53.7 Å². The van der Waals surface area contributed by atoms with E-state index in [4.69, 9.17) is 9.72 Å². The van der Waals surface area contributed by atoms with E-state index in [9.17, 15) is 9.59 Å². The molecule has 4 rings (SSSR count). The monoisotopic (exact) mass is 492 g/mol. The van der Waals surface area contributed by atoms with Crippen molar-refractivity contribution in [3.05, 3.63) is 65.5 Å². The highest BCUT2D eigenvalue weighted by atomic mass is 32.2. The molecular weight excluding hydrogens is 460 g/mol. The van der Waals surface area contributed by atoms with Crippen LogP contribution in [0.5, 0.6) is 5.75 Å². The summed E-state index contributed by atoms with van der Waals surface area (Å²) in [7, 11) is 1.56. The van der Waals surface area contributed by atoms with Crippen molar-refractivity contribution in [2.75, 3.05) is 17.7 Å². The van der Waals surface area contributed by atoms with Crippen LogP contribution in [0.4, 0.5) is 11.4 Å². The summed E-state index contributed by atoms with van der Waals surface area (Å²) in [5, 5.41) is 6.41. The predicted molar refractivity (Wildman–Crippen MR) is 141 cm³/mol. The molecule has 35 heavy (non-hydrogen) atoms. The normalized spacial score (nSPS) is 14.5. The number of amides is 2. The number of aromatic nitrogens is 2. The lowest BCUT2D eigenvalue weighted by Crippen LogP contribution is -2.23. The maximum atomic E-state index is 12.9. The predicted octanol–water partition coefficient (Wildman–Crippen LogP) is 6.00. The molecule has 1 atom stereocenters. The number of benzene rings is 2. The van der Waals surface area contributed by atoms with Crippen LogP contribution in [0.3, 0.4) is 0 Å². The van der Waals surface area contributed by atoms with E-state index in [1.54, 1.807) is 43.5 Å². The number of methoxy groups -OCH3 is 1. The number of hydrogen-bond acceptors (Lipinski definition) is 5. The first-order chi connectivity index (χ1) is 16.9. The summed E-state index contributed by atoms with van der Waals surface area (Å²) in [6, 6.07) is 14.6. The smallest absolute Gasteiger partial charge is 0.255 e. The molecular formula is C27H32N4O3S. The van der Waals surface area contributed by atoms with Crippen LogP contribution in [0, 0.1) is 13.8 Å². The summed E-state index contributed by atoms with van der Waals surface area (Å²) >= 11 is 1.50. The molecule has 1 heterocycles. The summed E-state index contributed by atoms with van der Waals surface area (Å²) in [5.74, 6) is 0.244. The Morgan fingerprint density at radius 3 is 2.43 bits per heavy atom. The summed E-state index contributed by atoms with van der Waals surface area (Å²) in [4.78, 5) is 30.3. The second-order valence-electron chi connectivity index (χ2n) is 8.85. The zero-order valence-electron chi connectivity index (χ0n) is 20.6. The summed E-state index contributed by atoms with van der Waals surface area (Å²) < 4.78 is 7.61. The molecule has 7 nitrogen and oxygen atoms in total. The molecule has 1 fully saturated rings. The molecule has 1 aromatic heterocycles. The van der Waals surface area contributed by atoms with Crippen molar-refractivity contribution in [3.63, 3.8) is 0 Å². The number of nitrogens with one attached hydrogen (secondary N) is 2. The number of ether oxygens (including phenoxy) is 1. The van der Waals surface area contributed by atoms with Gasteiger partial charge in [0.25, 0.3) is 5.91 Å². The first kappa shape index (κ1) is 24.9. The molecule has 0 aliphatic heterocycles. The number of carbonyl (C=O) groups excluding carboxylic acids is 2. The lowest BCUT2D eigenvalue weighted by molar-refractivity contribution is -0.115. The third-order valence-corrected chi connectivity index (χ3v) is 7.53. The van der Waals surface area contributed by atoms with Gasteiger partial charge in [0.15, 0.2) is 5.16 Å². The van der Waals surface area contributed by atoms with Crippen LogP contribution in [-0.2, 0) is 4.79 Å². The Labute approximate surface area is 210 Å². The van der Waals surface area contributed by atoms with Gasteiger partial charge in [-0.05, 0) is 70.0 Å². The number of thioether (sulfide) groups is 1. The van der Waals surface area contributed by atoms with Crippen molar-refractivity contribution in [1.29, 1.82) is 0 Å². The van der Waals surface area contributed by atoms with Crippen LogP contribution in [0.25, 0.3) is 0 Å². The van der Waals surface area contributed by atoms with Gasteiger partial charge in [-0.1, -0.05) is 36.7 Å². The molecule has 2 N–H and O–H groups in total. The molecule has 2 amide bonds. The van der Waals surface area contributed by atoms with E-state index in [0.717, 1.165) is 10.9 Å². The van der Waals surface area contributed by atoms with Crippen LogP contribution >= 0.6 is 11.8 Å². The lowest BCUT2D eigenvalue weighted by Gasteiger charge is -2.18. The van der Waals surface area contributed by atoms with Crippen molar-refractivity contribution < 1.29 is 14.3 Å². The second kappa shape index (κ2) is 11.0. The van der Waals surface area contributed by atoms with Gasteiger partial charge in [-0.3, -0.25) is 9.59 Å². The van der Waals surface area contributed by atoms with Crippen LogP contribution in [0.1, 0.15) is 60.4 Å². The summed E-state index contributed by atoms with van der Waals surface area (Å²) in [6.07, 6.45) is 4.83. The fraction of sp³-hybridized carbons (Fsp3) is 0.370. The Hall–Kier alpha value is -3.26. The van der Waals surface area contributed by atoms with E-state index in [1.165, 1.54) is 43.1 Å². The zero-order chi connectivity index (χ0) is 24.9. The minimum atomic E-state index is -0.315. The fourth-order valence-corrected chi connectivity index (χ4v) is 5.45. The Bertz CT molecular complexity index is 1200. The average molecular weight is 493 g/mol. The Morgan fingerprint density at radius 1 is 1.06 bits per heavy atom. The van der Waals surface area contributed by atoms with E-state index >= 15 is 0 Å². The number of aryl methyl sites for hydroxylation is 1. The van der Waals surface area contributed by atoms with Gasteiger partial charge in [-0.2, -0.15) is 0 Å². The van der Waals surface area contributed by atoms with Gasteiger partial charge in [0.05, 0.1) is 23.7 Å². The molecule has 1 saturated carbocycles. The van der Waals surface area contributed by atoms with Gasteiger partial charge >= 0.3 is 0 Å². The van der Waals surface area contributed by atoms with Crippen molar-refractivity contribution in [2.24, 2.45) is 0 Å². The van der Waals surface area contributed by atoms with Crippen LogP contribution in [0.2, 0.25) is 0 Å². The molecule has 0 saturated heterocycles. The van der Waals surface area contributed by atoms with Gasteiger partial charge < -0.3 is 19.9 Å². The Balaban J connectivity index is 1.38. The highest BCUT2D eigenvalue weighted by Crippen LogP contribution is 2.36. The van der Waals surface area contributed by atoms with Gasteiger partial charge in [-0.25, -0.2) is 4.98 Å². The van der Waals surface area contributed by atoms with E-state index in [1.807, 2.05) is 26.0 Å². The van der Waals surface area contributed by atoms with E-state index in [2.05, 4.69) is 22.1 Å². The quantitative estimate of drug-likeness (QED) is 0.377. The molecule has 1 aliphatic rings. The van der Waals surface area contributed by atoms with Crippen LogP contribution < -0.4 is 15.4 Å². The number of rotatable bonds is 8. The SMILES string of the molecule is COc1ccccc1NC(=O)c1ccc(NC(=O)C(C)Sc2nc(C)c(C)n2C2CCCC2)cc1. The average Bonchev–Trinajstić information content (AvgIpc) is 3.47. The number of carbonyl (C=O) groups is 2. The fourth-order valence-electron chi connectivity index (χ4n) is 4.37. The molecule has 0 radical (unpaired) electrons. The lowest BCUT2D eigenvalue weighted by atomic mass is 10.2. The topological polar surface area (TPSA) is 85.2 Å². The summed E-state index contributed by atoms with van der Waals surface area (Å²) in [5.41, 5.74) is 3.94. The first-order valence-electron chi connectivity index (χ1n) is 11.9. The molecule has 0 bridgehead atoms. The van der Waals surface area contributed by atoms with E-state index in [0.29, 0.717) is 28.7 Å². The molecule has 1 unspecified atom stereocenters. The van der Waals surface area contributed by atoms with Gasteiger partial charge in [-0.15, -0.1) is 0 Å². The van der Waals surface area contributed by atoms with Gasteiger partial charge in [0, 0.05) is 23.0 Å². The third-order valence-electron chi connectivity index (χ3n) is 6.47. The molecule has 8 heteroatoms. The third kappa shape index (κ3) is 5.70. The number of hydrogen-bond donors (Lipinski definition) is 2. The number of nitrogens with zero attached hydrogens (tertiary/aromatic N) is 2. The molecule has 1 aliphatic carbocycles. The Kier molecular flexibility index (Phi) is 7.80. The molecule has 0 spiro atoms. The maximum Gasteiger partial charge on any atom is 0.255 e. The minimum absolute atomic E-state index is 0.0995. The second-order valence-corrected chi connectivity index (χ2v) is 10.2. The highest BCUT2D eigenvalue weighted by Gasteiger charge is 2.26. The van der Waals surface area contributed by atoms with Gasteiger partial charge in [0.2, 0.25) is 5.91 Å². The summed E-state index contributed by atoms with van der Waals surface area (Å²) in [6.45, 7) is 6.04. The van der Waals surface area contributed by atoms with E-state index in [-0.39, 0.29) is 17.1 Å². The largest absolute Gasteiger partial charge is 0.495 e. The maximum absolute atomic E-state index is 12.9. The number of para-hydroxylation sites is 2. The van der Waals surface area contributed by atoms with Gasteiger partial charge in [0.1, 0.15) is 5.75 Å². The van der Waals surface area contributed by atoms with Crippen molar-refractivity contribution >= 4 is 35.0 Å². The zero-order valence-corrected chi connectivity index (χ0v) is 21.4. The number of imidazole rings is 1. The standard InChI is InChI=1S/C27H32N4O3S/c1-17-18(2)31(22-9-5-6-10-22)27(28-17)35-19(3)25(32)29-21-15-13-20(14-16-21)26(33)30-23-11-7-8-12-24(23)34-4/h7-8,11-16,19,22H,5-6,9-10H2,1-4H3,(H,29,32)(H,30,33). The van der Waals surface area contributed by atoms with Crippen molar-refractivity contribution in [2.45, 2.75) is 62.9 Å². The first-order valence-corrected chi connectivity index (χ1v) is 12.8.